The third-order valence-electron chi connectivity index (χ3n) is 4.37. The lowest BCUT2D eigenvalue weighted by molar-refractivity contribution is 0.153. The summed E-state index contributed by atoms with van der Waals surface area (Å²) in [4.78, 5) is 4.64. The lowest BCUT2D eigenvalue weighted by Crippen LogP contribution is -2.20. The van der Waals surface area contributed by atoms with Crippen molar-refractivity contribution in [2.75, 3.05) is 0 Å². The van der Waals surface area contributed by atoms with Crippen LogP contribution in [0.15, 0.2) is 18.3 Å². The fourth-order valence-electron chi connectivity index (χ4n) is 3.05. The van der Waals surface area contributed by atoms with E-state index in [1.807, 2.05) is 26.1 Å². The Hall–Kier alpha value is -1.88. The largest absolute Gasteiger partial charge is 0.489 e. The topological polar surface area (TPSA) is 60.2 Å². The van der Waals surface area contributed by atoms with Gasteiger partial charge in [-0.25, -0.2) is 4.98 Å². The molecule has 22 heavy (non-hydrogen) atoms. The van der Waals surface area contributed by atoms with Crippen molar-refractivity contribution in [2.24, 2.45) is 7.05 Å². The van der Waals surface area contributed by atoms with E-state index in [4.69, 9.17) is 4.74 Å². The van der Waals surface area contributed by atoms with Crippen LogP contribution in [0.3, 0.4) is 0 Å². The van der Waals surface area contributed by atoms with Gasteiger partial charge in [-0.15, -0.1) is 0 Å². The molecule has 2 aromatic heterocycles. The maximum atomic E-state index is 9.48. The van der Waals surface area contributed by atoms with E-state index < -0.39 is 0 Å². The molecule has 2 heterocycles. The van der Waals surface area contributed by atoms with Crippen LogP contribution in [-0.4, -0.2) is 26.0 Å². The molecule has 0 bridgehead atoms. The first-order chi connectivity index (χ1) is 10.7. The highest BCUT2D eigenvalue weighted by Gasteiger charge is 2.17. The second kappa shape index (κ2) is 6.48. The zero-order valence-electron chi connectivity index (χ0n) is 13.2. The van der Waals surface area contributed by atoms with Gasteiger partial charge in [-0.2, -0.15) is 5.10 Å². The quantitative estimate of drug-likeness (QED) is 0.943. The molecule has 0 unspecified atom stereocenters. The molecule has 0 radical (unpaired) electrons. The first kappa shape index (κ1) is 15.0. The molecule has 1 fully saturated rings. The van der Waals surface area contributed by atoms with Crippen molar-refractivity contribution in [1.82, 2.24) is 14.8 Å². The average Bonchev–Trinajstić information content (AvgIpc) is 2.91. The maximum Gasteiger partial charge on any atom is 0.140 e. The Labute approximate surface area is 131 Å². The Balaban J connectivity index is 1.82. The third-order valence-corrected chi connectivity index (χ3v) is 4.37. The number of aryl methyl sites for hydroxylation is 2. The van der Waals surface area contributed by atoms with E-state index in [2.05, 4.69) is 10.1 Å². The van der Waals surface area contributed by atoms with E-state index in [1.54, 1.807) is 10.9 Å². The van der Waals surface area contributed by atoms with Crippen LogP contribution in [-0.2, 0) is 13.7 Å². The van der Waals surface area contributed by atoms with Crippen LogP contribution in [0, 0.1) is 6.92 Å². The van der Waals surface area contributed by atoms with E-state index in [1.165, 1.54) is 19.3 Å². The number of ether oxygens (including phenoxy) is 1. The lowest BCUT2D eigenvalue weighted by Gasteiger charge is -2.23. The lowest BCUT2D eigenvalue weighted by atomic mass is 9.98. The number of pyridine rings is 1. The highest BCUT2D eigenvalue weighted by Crippen LogP contribution is 2.28. The number of aliphatic hydroxyl groups excluding tert-OH is 1. The number of hydrogen-bond donors (Lipinski definition) is 1. The number of hydrogen-bond acceptors (Lipinski definition) is 4. The highest BCUT2D eigenvalue weighted by molar-refractivity contribution is 5.62. The standard InChI is InChI=1S/C17H23N3O2/c1-12-17(22-13-6-4-3-5-7-13)9-8-15(19-12)14-10-18-20(2)16(14)11-21/h8-10,13,21H,3-7,11H2,1-2H3. The van der Waals surface area contributed by atoms with Crippen LogP contribution in [0.2, 0.25) is 0 Å². The summed E-state index contributed by atoms with van der Waals surface area (Å²) >= 11 is 0. The predicted molar refractivity (Wildman–Crippen MR) is 84.6 cm³/mol. The Bertz CT molecular complexity index is 645. The summed E-state index contributed by atoms with van der Waals surface area (Å²) in [5.74, 6) is 0.866. The molecule has 5 heteroatoms. The Morgan fingerprint density at radius 2 is 2.05 bits per heavy atom. The van der Waals surface area contributed by atoms with Gasteiger partial charge in [0.1, 0.15) is 5.75 Å². The van der Waals surface area contributed by atoms with Crippen LogP contribution in [0.1, 0.15) is 43.5 Å². The zero-order chi connectivity index (χ0) is 15.5. The molecule has 1 saturated carbocycles. The van der Waals surface area contributed by atoms with E-state index in [0.29, 0.717) is 6.10 Å². The molecule has 0 saturated heterocycles. The van der Waals surface area contributed by atoms with Crippen LogP contribution < -0.4 is 4.74 Å². The van der Waals surface area contributed by atoms with Gasteiger partial charge in [-0.3, -0.25) is 4.68 Å². The molecule has 3 rings (SSSR count). The van der Waals surface area contributed by atoms with E-state index >= 15 is 0 Å². The van der Waals surface area contributed by atoms with Crippen molar-refractivity contribution in [3.63, 3.8) is 0 Å². The average molecular weight is 301 g/mol. The van der Waals surface area contributed by atoms with Gasteiger partial charge in [0.2, 0.25) is 0 Å². The molecule has 0 atom stereocenters. The fraction of sp³-hybridized carbons (Fsp3) is 0.529. The van der Waals surface area contributed by atoms with Crippen molar-refractivity contribution in [1.29, 1.82) is 0 Å². The summed E-state index contributed by atoms with van der Waals surface area (Å²) in [6.07, 6.45) is 8.18. The van der Waals surface area contributed by atoms with Gasteiger partial charge in [0.25, 0.3) is 0 Å². The van der Waals surface area contributed by atoms with E-state index in [-0.39, 0.29) is 6.61 Å². The SMILES string of the molecule is Cc1nc(-c2cnn(C)c2CO)ccc1OC1CCCCC1. The van der Waals surface area contributed by atoms with E-state index in [0.717, 1.165) is 41.2 Å². The number of rotatable bonds is 4. The molecule has 118 valence electrons. The second-order valence-corrected chi connectivity index (χ2v) is 5.94. The van der Waals surface area contributed by atoms with Crippen molar-refractivity contribution in [2.45, 2.75) is 51.7 Å². The molecule has 1 aliphatic carbocycles. The minimum Gasteiger partial charge on any atom is -0.489 e. The molecule has 1 aliphatic rings. The van der Waals surface area contributed by atoms with Gasteiger partial charge in [-0.1, -0.05) is 6.42 Å². The predicted octanol–water partition coefficient (Wildman–Crippen LogP) is 2.99. The van der Waals surface area contributed by atoms with E-state index in [9.17, 15) is 5.11 Å². The Morgan fingerprint density at radius 3 is 2.73 bits per heavy atom. The van der Waals surface area contributed by atoms with Gasteiger partial charge in [-0.05, 0) is 44.7 Å². The molecule has 0 aliphatic heterocycles. The Kier molecular flexibility index (Phi) is 4.43. The minimum atomic E-state index is -0.0487. The smallest absolute Gasteiger partial charge is 0.140 e. The molecular formula is C17H23N3O2. The van der Waals surface area contributed by atoms with Crippen molar-refractivity contribution < 1.29 is 9.84 Å². The van der Waals surface area contributed by atoms with Gasteiger partial charge < -0.3 is 9.84 Å². The van der Waals surface area contributed by atoms with Crippen LogP contribution >= 0.6 is 0 Å². The molecule has 2 aromatic rings. The van der Waals surface area contributed by atoms with Crippen molar-refractivity contribution in [3.05, 3.63) is 29.7 Å². The van der Waals surface area contributed by atoms with Crippen LogP contribution in [0.5, 0.6) is 5.75 Å². The number of nitrogens with zero attached hydrogens (tertiary/aromatic N) is 3. The fourth-order valence-corrected chi connectivity index (χ4v) is 3.05. The monoisotopic (exact) mass is 301 g/mol. The second-order valence-electron chi connectivity index (χ2n) is 5.94. The molecule has 0 spiro atoms. The van der Waals surface area contributed by atoms with Crippen molar-refractivity contribution >= 4 is 0 Å². The summed E-state index contributed by atoms with van der Waals surface area (Å²) < 4.78 is 7.79. The minimum absolute atomic E-state index is 0.0487. The maximum absolute atomic E-state index is 9.48. The number of aromatic nitrogens is 3. The Morgan fingerprint density at radius 1 is 1.27 bits per heavy atom. The molecular weight excluding hydrogens is 278 g/mol. The van der Waals surface area contributed by atoms with Crippen LogP contribution in [0.4, 0.5) is 0 Å². The molecule has 1 N–H and O–H groups in total. The summed E-state index contributed by atoms with van der Waals surface area (Å²) in [7, 11) is 1.82. The molecule has 0 amide bonds. The first-order valence-electron chi connectivity index (χ1n) is 7.95. The van der Waals surface area contributed by atoms with Gasteiger partial charge >= 0.3 is 0 Å². The normalized spacial score (nSPS) is 16.0. The molecule has 0 aromatic carbocycles. The summed E-state index contributed by atoms with van der Waals surface area (Å²) in [6.45, 7) is 1.92. The van der Waals surface area contributed by atoms with Crippen molar-refractivity contribution in [3.8, 4) is 17.0 Å². The van der Waals surface area contributed by atoms with Crippen LogP contribution in [0.25, 0.3) is 11.3 Å². The third kappa shape index (κ3) is 2.99. The zero-order valence-corrected chi connectivity index (χ0v) is 13.2. The number of aliphatic hydroxyl groups is 1. The van der Waals surface area contributed by atoms with Gasteiger partial charge in [0, 0.05) is 12.6 Å². The van der Waals surface area contributed by atoms with Gasteiger partial charge in [0.15, 0.2) is 0 Å². The summed E-state index contributed by atoms with van der Waals surface area (Å²) in [5.41, 5.74) is 3.35. The van der Waals surface area contributed by atoms with Gasteiger partial charge in [0.05, 0.1) is 36.0 Å². The highest BCUT2D eigenvalue weighted by atomic mass is 16.5. The summed E-state index contributed by atoms with van der Waals surface area (Å²) in [6, 6.07) is 3.93. The molecule has 5 nitrogen and oxygen atoms in total. The summed E-state index contributed by atoms with van der Waals surface area (Å²) in [5, 5.41) is 13.7. The first-order valence-corrected chi connectivity index (χ1v) is 7.95.